The molecule has 2 heterocycles. The van der Waals surface area contributed by atoms with E-state index in [1.165, 1.54) is 6.20 Å². The summed E-state index contributed by atoms with van der Waals surface area (Å²) in [4.78, 5) is 19.7. The van der Waals surface area contributed by atoms with Crippen LogP contribution in [0.5, 0.6) is 0 Å². The van der Waals surface area contributed by atoms with E-state index in [2.05, 4.69) is 25.9 Å². The zero-order valence-corrected chi connectivity index (χ0v) is 9.74. The monoisotopic (exact) mass is 237 g/mol. The summed E-state index contributed by atoms with van der Waals surface area (Å²) in [5.41, 5.74) is -0.0888. The number of aromatic nitrogens is 2. The molecule has 1 amide bonds. The van der Waals surface area contributed by atoms with Crippen LogP contribution in [0.25, 0.3) is 0 Å². The van der Waals surface area contributed by atoms with Gasteiger partial charge < -0.3 is 21.1 Å². The van der Waals surface area contributed by atoms with Crippen molar-refractivity contribution in [2.24, 2.45) is 0 Å². The quantitative estimate of drug-likeness (QED) is 0.579. The van der Waals surface area contributed by atoms with Crippen LogP contribution >= 0.6 is 0 Å². The van der Waals surface area contributed by atoms with Crippen LogP contribution in [0, 0.1) is 0 Å². The molecule has 0 spiro atoms. The summed E-state index contributed by atoms with van der Waals surface area (Å²) >= 11 is 0. The van der Waals surface area contributed by atoms with E-state index in [0.717, 1.165) is 0 Å². The molecule has 17 heavy (non-hydrogen) atoms. The van der Waals surface area contributed by atoms with Crippen molar-refractivity contribution in [2.45, 2.75) is 19.4 Å². The maximum atomic E-state index is 11.4. The summed E-state index contributed by atoms with van der Waals surface area (Å²) in [6, 6.07) is 0. The average molecular weight is 237 g/mol. The van der Waals surface area contributed by atoms with Crippen LogP contribution < -0.4 is 16.0 Å². The first-order chi connectivity index (χ1) is 8.02. The van der Waals surface area contributed by atoms with Crippen molar-refractivity contribution in [2.75, 3.05) is 23.9 Å². The fraction of sp³-hybridized carbons (Fsp3) is 0.500. The minimum atomic E-state index is -0.509. The lowest BCUT2D eigenvalue weighted by molar-refractivity contribution is 0.0952. The van der Waals surface area contributed by atoms with Crippen molar-refractivity contribution >= 4 is 17.7 Å². The highest BCUT2D eigenvalue weighted by Crippen LogP contribution is 2.18. The van der Waals surface area contributed by atoms with E-state index in [1.807, 2.05) is 13.8 Å². The van der Waals surface area contributed by atoms with E-state index in [1.54, 1.807) is 0 Å². The molecule has 0 radical (unpaired) electrons. The lowest BCUT2D eigenvalue weighted by atomic mass is 10.1. The number of anilines is 2. The molecule has 1 aromatic heterocycles. The molecule has 0 atom stereocenters. The van der Waals surface area contributed by atoms with Crippen molar-refractivity contribution < 1.29 is 9.90 Å². The maximum absolute atomic E-state index is 11.4. The predicted octanol–water partition coefficient (Wildman–Crippen LogP) is -0.228. The fourth-order valence-electron chi connectivity index (χ4n) is 1.39. The number of aliphatic hydroxyl groups is 1. The van der Waals surface area contributed by atoms with E-state index in [0.29, 0.717) is 24.0 Å². The molecule has 1 aliphatic rings. The second kappa shape index (κ2) is 4.17. The Bertz CT molecular complexity index is 446. The van der Waals surface area contributed by atoms with Gasteiger partial charge in [0.1, 0.15) is 11.4 Å². The number of fused-ring (bicyclic) bond motifs is 1. The molecule has 92 valence electrons. The normalized spacial score (nSPS) is 14.6. The van der Waals surface area contributed by atoms with Gasteiger partial charge in [-0.15, -0.1) is 0 Å². The van der Waals surface area contributed by atoms with Gasteiger partial charge in [-0.25, -0.2) is 4.98 Å². The molecule has 0 aliphatic carbocycles. The number of hydrogen-bond acceptors (Lipinski definition) is 6. The topological polar surface area (TPSA) is 99.2 Å². The average Bonchev–Trinajstić information content (AvgIpc) is 2.29. The lowest BCUT2D eigenvalue weighted by Gasteiger charge is -2.24. The number of amides is 1. The van der Waals surface area contributed by atoms with Crippen molar-refractivity contribution in [3.63, 3.8) is 0 Å². The van der Waals surface area contributed by atoms with Gasteiger partial charge in [-0.1, -0.05) is 0 Å². The first-order valence-electron chi connectivity index (χ1n) is 5.30. The third-order valence-corrected chi connectivity index (χ3v) is 2.38. The van der Waals surface area contributed by atoms with E-state index in [9.17, 15) is 4.79 Å². The number of carbonyl (C=O) groups is 1. The van der Waals surface area contributed by atoms with Gasteiger partial charge in [-0.05, 0) is 13.8 Å². The van der Waals surface area contributed by atoms with Crippen molar-refractivity contribution in [1.29, 1.82) is 0 Å². The van der Waals surface area contributed by atoms with Crippen LogP contribution in [0.4, 0.5) is 11.8 Å². The lowest BCUT2D eigenvalue weighted by Crippen LogP contribution is -2.38. The van der Waals surface area contributed by atoms with Crippen LogP contribution in [0.15, 0.2) is 6.20 Å². The molecule has 0 bridgehead atoms. The Hall–Kier alpha value is -1.89. The molecule has 0 saturated heterocycles. The van der Waals surface area contributed by atoms with Gasteiger partial charge in [0.15, 0.2) is 0 Å². The summed E-state index contributed by atoms with van der Waals surface area (Å²) < 4.78 is 0. The van der Waals surface area contributed by atoms with E-state index in [4.69, 9.17) is 5.11 Å². The van der Waals surface area contributed by atoms with Gasteiger partial charge in [-0.2, -0.15) is 4.98 Å². The van der Waals surface area contributed by atoms with Crippen molar-refractivity contribution in [3.8, 4) is 0 Å². The van der Waals surface area contributed by atoms with Gasteiger partial charge in [-0.3, -0.25) is 4.79 Å². The van der Waals surface area contributed by atoms with Gasteiger partial charge in [0.05, 0.1) is 18.8 Å². The van der Waals surface area contributed by atoms with Crippen molar-refractivity contribution in [3.05, 3.63) is 11.8 Å². The summed E-state index contributed by atoms with van der Waals surface area (Å²) in [5.74, 6) is 0.691. The predicted molar refractivity (Wildman–Crippen MR) is 62.8 cm³/mol. The zero-order chi connectivity index (χ0) is 12.5. The van der Waals surface area contributed by atoms with Crippen LogP contribution in [0.2, 0.25) is 0 Å². The Labute approximate surface area is 98.7 Å². The van der Waals surface area contributed by atoms with Crippen LogP contribution in [-0.2, 0) is 0 Å². The Balaban J connectivity index is 2.25. The van der Waals surface area contributed by atoms with Crippen LogP contribution in [-0.4, -0.2) is 39.8 Å². The molecule has 7 heteroatoms. The first-order valence-corrected chi connectivity index (χ1v) is 5.30. The van der Waals surface area contributed by atoms with Crippen molar-refractivity contribution in [1.82, 2.24) is 15.3 Å². The largest absolute Gasteiger partial charge is 0.394 e. The summed E-state index contributed by atoms with van der Waals surface area (Å²) in [5, 5.41) is 17.7. The Morgan fingerprint density at radius 1 is 1.53 bits per heavy atom. The highest BCUT2D eigenvalue weighted by molar-refractivity contribution is 6.00. The molecule has 2 rings (SSSR count). The van der Waals surface area contributed by atoms with Crippen LogP contribution in [0.3, 0.4) is 0 Å². The zero-order valence-electron chi connectivity index (χ0n) is 9.74. The second-order valence-corrected chi connectivity index (χ2v) is 4.48. The molecule has 7 nitrogen and oxygen atoms in total. The summed E-state index contributed by atoms with van der Waals surface area (Å²) in [6.07, 6.45) is 1.46. The van der Waals surface area contributed by atoms with Gasteiger partial charge in [0.2, 0.25) is 5.95 Å². The number of carbonyl (C=O) groups excluding carboxylic acids is 1. The molecule has 0 saturated carbocycles. The summed E-state index contributed by atoms with van der Waals surface area (Å²) in [7, 11) is 0. The molecule has 0 fully saturated rings. The van der Waals surface area contributed by atoms with Gasteiger partial charge in [0, 0.05) is 6.20 Å². The minimum absolute atomic E-state index is 0.0403. The number of nitrogens with zero attached hydrogens (tertiary/aromatic N) is 2. The standard InChI is InChI=1S/C10H15N5O2/c1-10(2,4-16)15-9-11-3-6-7(14-9)12-5-13-8(6)17/h3,16H,4-5H2,1-2H3,(H,13,17)(H2,11,12,14,15). The number of rotatable bonds is 3. The molecule has 4 N–H and O–H groups in total. The fourth-order valence-corrected chi connectivity index (χ4v) is 1.39. The second-order valence-electron chi connectivity index (χ2n) is 4.48. The minimum Gasteiger partial charge on any atom is -0.394 e. The number of hydrogen-bond donors (Lipinski definition) is 4. The smallest absolute Gasteiger partial charge is 0.257 e. The molecule has 1 aromatic rings. The molecule has 0 unspecified atom stereocenters. The highest BCUT2D eigenvalue weighted by atomic mass is 16.3. The Morgan fingerprint density at radius 2 is 2.29 bits per heavy atom. The third kappa shape index (κ3) is 2.44. The van der Waals surface area contributed by atoms with Gasteiger partial charge >= 0.3 is 0 Å². The third-order valence-electron chi connectivity index (χ3n) is 2.38. The van der Waals surface area contributed by atoms with E-state index in [-0.39, 0.29) is 12.5 Å². The molecular formula is C10H15N5O2. The van der Waals surface area contributed by atoms with Gasteiger partial charge in [0.25, 0.3) is 5.91 Å². The SMILES string of the molecule is CC(C)(CO)Nc1ncc2c(n1)NCNC2=O. The number of nitrogens with one attached hydrogen (secondary N) is 3. The molecular weight excluding hydrogens is 222 g/mol. The molecule has 1 aliphatic heterocycles. The highest BCUT2D eigenvalue weighted by Gasteiger charge is 2.21. The Kier molecular flexibility index (Phi) is 2.84. The summed E-state index contributed by atoms with van der Waals surface area (Å²) in [6.45, 7) is 3.97. The number of aliphatic hydroxyl groups excluding tert-OH is 1. The maximum Gasteiger partial charge on any atom is 0.257 e. The molecule has 0 aromatic carbocycles. The first kappa shape index (κ1) is 11.6. The van der Waals surface area contributed by atoms with Crippen LogP contribution in [0.1, 0.15) is 24.2 Å². The van der Waals surface area contributed by atoms with E-state index >= 15 is 0 Å². The van der Waals surface area contributed by atoms with E-state index < -0.39 is 5.54 Å². The Morgan fingerprint density at radius 3 is 3.00 bits per heavy atom.